The van der Waals surface area contributed by atoms with Gasteiger partial charge in [-0.15, -0.1) is 0 Å². The SMILES string of the molecule is CCNCc1ccnc(Oc2ccc(F)c(C)c2)c1. The van der Waals surface area contributed by atoms with Crippen LogP contribution in [0.5, 0.6) is 11.6 Å². The molecule has 1 aromatic heterocycles. The Hall–Kier alpha value is -1.94. The third-order valence-electron chi connectivity index (χ3n) is 2.73. The van der Waals surface area contributed by atoms with Crippen molar-refractivity contribution in [2.45, 2.75) is 20.4 Å². The minimum atomic E-state index is -0.235. The number of pyridine rings is 1. The molecule has 0 aliphatic carbocycles. The van der Waals surface area contributed by atoms with Gasteiger partial charge in [-0.2, -0.15) is 0 Å². The Labute approximate surface area is 112 Å². The molecular weight excluding hydrogens is 243 g/mol. The molecule has 0 unspecified atom stereocenters. The first-order valence-corrected chi connectivity index (χ1v) is 6.28. The van der Waals surface area contributed by atoms with Crippen LogP contribution in [-0.2, 0) is 6.54 Å². The van der Waals surface area contributed by atoms with Crippen molar-refractivity contribution in [3.05, 3.63) is 53.5 Å². The van der Waals surface area contributed by atoms with Crippen LogP contribution < -0.4 is 10.1 Å². The van der Waals surface area contributed by atoms with Gasteiger partial charge < -0.3 is 10.1 Å². The van der Waals surface area contributed by atoms with Crippen molar-refractivity contribution in [2.75, 3.05) is 6.54 Å². The second-order valence-corrected chi connectivity index (χ2v) is 4.30. The summed E-state index contributed by atoms with van der Waals surface area (Å²) in [5, 5.41) is 3.24. The summed E-state index contributed by atoms with van der Waals surface area (Å²) in [6.45, 7) is 5.45. The van der Waals surface area contributed by atoms with Crippen LogP contribution in [0.25, 0.3) is 0 Å². The van der Waals surface area contributed by atoms with Crippen molar-refractivity contribution in [1.82, 2.24) is 10.3 Å². The molecule has 0 fully saturated rings. The van der Waals surface area contributed by atoms with Gasteiger partial charge in [-0.25, -0.2) is 9.37 Å². The van der Waals surface area contributed by atoms with E-state index in [1.54, 1.807) is 25.3 Å². The predicted molar refractivity (Wildman–Crippen MR) is 72.8 cm³/mol. The van der Waals surface area contributed by atoms with E-state index in [0.29, 0.717) is 17.2 Å². The molecule has 0 bridgehead atoms. The number of ether oxygens (including phenoxy) is 1. The summed E-state index contributed by atoms with van der Waals surface area (Å²) in [5.41, 5.74) is 1.66. The van der Waals surface area contributed by atoms with Crippen LogP contribution in [0.3, 0.4) is 0 Å². The molecule has 0 saturated heterocycles. The van der Waals surface area contributed by atoms with Crippen LogP contribution >= 0.6 is 0 Å². The molecule has 1 N–H and O–H groups in total. The van der Waals surface area contributed by atoms with E-state index in [4.69, 9.17) is 4.74 Å². The summed E-state index contributed by atoms with van der Waals surface area (Å²) >= 11 is 0. The number of rotatable bonds is 5. The molecule has 2 rings (SSSR count). The zero-order valence-corrected chi connectivity index (χ0v) is 11.1. The maximum atomic E-state index is 13.2. The molecular formula is C15H17FN2O. The van der Waals surface area contributed by atoms with Crippen LogP contribution in [0.15, 0.2) is 36.5 Å². The van der Waals surface area contributed by atoms with Crippen molar-refractivity contribution in [3.63, 3.8) is 0 Å². The van der Waals surface area contributed by atoms with Crippen molar-refractivity contribution in [3.8, 4) is 11.6 Å². The largest absolute Gasteiger partial charge is 0.439 e. The molecule has 0 saturated carbocycles. The second kappa shape index (κ2) is 6.29. The maximum Gasteiger partial charge on any atom is 0.219 e. The molecule has 0 aliphatic rings. The first-order valence-electron chi connectivity index (χ1n) is 6.28. The van der Waals surface area contributed by atoms with Crippen LogP contribution in [0.4, 0.5) is 4.39 Å². The predicted octanol–water partition coefficient (Wildman–Crippen LogP) is 3.43. The Bertz CT molecular complexity index is 558. The van der Waals surface area contributed by atoms with E-state index in [2.05, 4.69) is 17.2 Å². The quantitative estimate of drug-likeness (QED) is 0.894. The fourth-order valence-corrected chi connectivity index (χ4v) is 1.69. The summed E-state index contributed by atoms with van der Waals surface area (Å²) in [6, 6.07) is 8.47. The number of nitrogens with zero attached hydrogens (tertiary/aromatic N) is 1. The lowest BCUT2D eigenvalue weighted by Gasteiger charge is -2.08. The highest BCUT2D eigenvalue weighted by molar-refractivity contribution is 5.32. The van der Waals surface area contributed by atoms with Crippen molar-refractivity contribution in [2.24, 2.45) is 0 Å². The van der Waals surface area contributed by atoms with Gasteiger partial charge in [-0.3, -0.25) is 0 Å². The summed E-state index contributed by atoms with van der Waals surface area (Å²) in [4.78, 5) is 4.15. The van der Waals surface area contributed by atoms with E-state index in [1.165, 1.54) is 6.07 Å². The van der Waals surface area contributed by atoms with Gasteiger partial charge in [0.15, 0.2) is 0 Å². The molecule has 1 heterocycles. The third kappa shape index (κ3) is 3.76. The molecule has 0 amide bonds. The first kappa shape index (κ1) is 13.5. The Kier molecular flexibility index (Phi) is 4.47. The summed E-state index contributed by atoms with van der Waals surface area (Å²) < 4.78 is 18.8. The lowest BCUT2D eigenvalue weighted by Crippen LogP contribution is -2.11. The van der Waals surface area contributed by atoms with Crippen LogP contribution in [-0.4, -0.2) is 11.5 Å². The first-order chi connectivity index (χ1) is 9.19. The van der Waals surface area contributed by atoms with Crippen LogP contribution in [0, 0.1) is 12.7 Å². The van der Waals surface area contributed by atoms with Crippen LogP contribution in [0.2, 0.25) is 0 Å². The molecule has 3 nitrogen and oxygen atoms in total. The molecule has 0 radical (unpaired) electrons. The normalized spacial score (nSPS) is 10.5. The highest BCUT2D eigenvalue weighted by Gasteiger charge is 2.03. The van der Waals surface area contributed by atoms with Gasteiger partial charge in [0.1, 0.15) is 11.6 Å². The Morgan fingerprint density at radius 2 is 2.11 bits per heavy atom. The molecule has 100 valence electrons. The average molecular weight is 260 g/mol. The van der Waals surface area contributed by atoms with E-state index >= 15 is 0 Å². The molecule has 4 heteroatoms. The van der Waals surface area contributed by atoms with E-state index in [9.17, 15) is 4.39 Å². The lowest BCUT2D eigenvalue weighted by atomic mass is 10.2. The zero-order valence-electron chi connectivity index (χ0n) is 11.1. The topological polar surface area (TPSA) is 34.2 Å². The number of hydrogen-bond donors (Lipinski definition) is 1. The van der Waals surface area contributed by atoms with E-state index < -0.39 is 0 Å². The Morgan fingerprint density at radius 3 is 2.84 bits per heavy atom. The van der Waals surface area contributed by atoms with Gasteiger partial charge in [-0.05, 0) is 48.9 Å². The molecule has 19 heavy (non-hydrogen) atoms. The fraction of sp³-hybridized carbons (Fsp3) is 0.267. The minimum Gasteiger partial charge on any atom is -0.439 e. The maximum absolute atomic E-state index is 13.2. The smallest absolute Gasteiger partial charge is 0.219 e. The van der Waals surface area contributed by atoms with E-state index in [1.807, 2.05) is 12.1 Å². The molecule has 1 aromatic carbocycles. The summed E-state index contributed by atoms with van der Waals surface area (Å²) in [5.74, 6) is 0.870. The van der Waals surface area contributed by atoms with Crippen molar-refractivity contribution >= 4 is 0 Å². The number of aromatic nitrogens is 1. The van der Waals surface area contributed by atoms with Gasteiger partial charge in [0.25, 0.3) is 0 Å². The van der Waals surface area contributed by atoms with Gasteiger partial charge in [0.05, 0.1) is 0 Å². The van der Waals surface area contributed by atoms with Gasteiger partial charge in [0.2, 0.25) is 5.88 Å². The third-order valence-corrected chi connectivity index (χ3v) is 2.73. The van der Waals surface area contributed by atoms with Gasteiger partial charge in [-0.1, -0.05) is 6.92 Å². The highest BCUT2D eigenvalue weighted by atomic mass is 19.1. The molecule has 2 aromatic rings. The highest BCUT2D eigenvalue weighted by Crippen LogP contribution is 2.22. The monoisotopic (exact) mass is 260 g/mol. The Morgan fingerprint density at radius 1 is 1.26 bits per heavy atom. The molecule has 0 atom stereocenters. The zero-order chi connectivity index (χ0) is 13.7. The number of benzene rings is 1. The molecule has 0 spiro atoms. The van der Waals surface area contributed by atoms with Crippen molar-refractivity contribution < 1.29 is 9.13 Å². The standard InChI is InChI=1S/C15H17FN2O/c1-3-17-10-12-6-7-18-15(9-12)19-13-4-5-14(16)11(2)8-13/h4-9,17H,3,10H2,1-2H3. The second-order valence-electron chi connectivity index (χ2n) is 4.30. The Balaban J connectivity index is 2.11. The number of halogens is 1. The van der Waals surface area contributed by atoms with Gasteiger partial charge in [0, 0.05) is 18.8 Å². The van der Waals surface area contributed by atoms with Crippen LogP contribution in [0.1, 0.15) is 18.1 Å². The average Bonchev–Trinajstić information content (AvgIpc) is 2.41. The number of aryl methyl sites for hydroxylation is 1. The van der Waals surface area contributed by atoms with E-state index in [-0.39, 0.29) is 5.82 Å². The molecule has 0 aliphatic heterocycles. The van der Waals surface area contributed by atoms with E-state index in [0.717, 1.165) is 18.7 Å². The fourth-order valence-electron chi connectivity index (χ4n) is 1.69. The summed E-state index contributed by atoms with van der Waals surface area (Å²) in [7, 11) is 0. The number of hydrogen-bond acceptors (Lipinski definition) is 3. The minimum absolute atomic E-state index is 0.235. The van der Waals surface area contributed by atoms with Crippen molar-refractivity contribution in [1.29, 1.82) is 0 Å². The summed E-state index contributed by atoms with van der Waals surface area (Å²) in [6.07, 6.45) is 1.71. The number of nitrogens with one attached hydrogen (secondary N) is 1. The lowest BCUT2D eigenvalue weighted by molar-refractivity contribution is 0.459. The van der Waals surface area contributed by atoms with Gasteiger partial charge >= 0.3 is 0 Å².